The van der Waals surface area contributed by atoms with E-state index >= 15 is 0 Å². The molecule has 0 amide bonds. The lowest BCUT2D eigenvalue weighted by Crippen LogP contribution is -2.08. The molecular weight excluding hydrogens is 659 g/mol. The summed E-state index contributed by atoms with van der Waals surface area (Å²) in [6.07, 6.45) is 13.4. The first kappa shape index (κ1) is 31.6. The van der Waals surface area contributed by atoms with Gasteiger partial charge in [-0.2, -0.15) is 0 Å². The van der Waals surface area contributed by atoms with Crippen molar-refractivity contribution < 1.29 is 0 Å². The third-order valence-corrected chi connectivity index (χ3v) is 10.3. The van der Waals surface area contributed by atoms with Gasteiger partial charge in [0.05, 0.1) is 33.8 Å². The first-order valence-electron chi connectivity index (χ1n) is 18.3. The summed E-state index contributed by atoms with van der Waals surface area (Å²) in [5, 5.41) is 2.12. The molecule has 0 saturated carbocycles. The first-order chi connectivity index (χ1) is 26.7. The Morgan fingerprint density at radius 2 is 1.13 bits per heavy atom. The number of nitrogens with zero attached hydrogens (tertiary/aromatic N) is 5. The molecule has 0 radical (unpaired) electrons. The molecule has 0 fully saturated rings. The number of rotatable bonds is 6. The van der Waals surface area contributed by atoms with E-state index in [0.29, 0.717) is 5.82 Å². The number of aliphatic imine (C=N–C) groups is 1. The van der Waals surface area contributed by atoms with Gasteiger partial charge >= 0.3 is 0 Å². The van der Waals surface area contributed by atoms with Gasteiger partial charge in [-0.15, -0.1) is 0 Å². The van der Waals surface area contributed by atoms with E-state index in [2.05, 4.69) is 133 Å². The molecule has 8 aromatic rings. The Morgan fingerprint density at radius 1 is 0.481 bits per heavy atom. The summed E-state index contributed by atoms with van der Waals surface area (Å²) in [7, 11) is 0. The first-order valence-corrected chi connectivity index (χ1v) is 18.3. The van der Waals surface area contributed by atoms with Gasteiger partial charge in [0.2, 0.25) is 0 Å². The molecule has 1 aliphatic heterocycles. The van der Waals surface area contributed by atoms with E-state index in [-0.39, 0.29) is 5.92 Å². The molecule has 0 N–H and O–H groups in total. The highest BCUT2D eigenvalue weighted by Crippen LogP contribution is 2.39. The van der Waals surface area contributed by atoms with Crippen LogP contribution in [0.15, 0.2) is 187 Å². The summed E-state index contributed by atoms with van der Waals surface area (Å²) >= 11 is 0. The van der Waals surface area contributed by atoms with Gasteiger partial charge in [0.1, 0.15) is 0 Å². The zero-order valence-electron chi connectivity index (χ0n) is 29.3. The van der Waals surface area contributed by atoms with Gasteiger partial charge in [-0.25, -0.2) is 15.0 Å². The van der Waals surface area contributed by atoms with Gasteiger partial charge in [-0.05, 0) is 65.6 Å². The normalized spacial score (nSPS) is 14.9. The van der Waals surface area contributed by atoms with Crippen LogP contribution in [0.25, 0.3) is 83.7 Å². The molecule has 5 aromatic carbocycles. The zero-order chi connectivity index (χ0) is 35.8. The maximum absolute atomic E-state index is 5.27. The van der Waals surface area contributed by atoms with Crippen LogP contribution in [0.1, 0.15) is 12.0 Å². The van der Waals surface area contributed by atoms with Crippen LogP contribution in [0, 0.1) is 5.92 Å². The maximum Gasteiger partial charge on any atom is 0.160 e. The van der Waals surface area contributed by atoms with E-state index in [9.17, 15) is 0 Å². The van der Waals surface area contributed by atoms with Crippen molar-refractivity contribution in [1.29, 1.82) is 0 Å². The van der Waals surface area contributed by atoms with Crippen molar-refractivity contribution in [3.63, 3.8) is 0 Å². The van der Waals surface area contributed by atoms with Gasteiger partial charge in [-0.1, -0.05) is 127 Å². The van der Waals surface area contributed by atoms with Crippen molar-refractivity contribution >= 4 is 33.6 Å². The summed E-state index contributed by atoms with van der Waals surface area (Å²) < 4.78 is 0. The van der Waals surface area contributed by atoms with Crippen molar-refractivity contribution in [1.82, 2.24) is 19.9 Å². The summed E-state index contributed by atoms with van der Waals surface area (Å²) in [6, 6.07) is 50.6. The lowest BCUT2D eigenvalue weighted by Gasteiger charge is -2.22. The third kappa shape index (κ3) is 5.92. The number of pyridine rings is 2. The average molecular weight is 692 g/mol. The van der Waals surface area contributed by atoms with Crippen LogP contribution >= 0.6 is 0 Å². The molecule has 10 rings (SSSR count). The Balaban J connectivity index is 1.18. The fraction of sp³-hybridized carbons (Fsp3) is 0.0408. The van der Waals surface area contributed by atoms with E-state index in [1.807, 2.05) is 48.8 Å². The van der Waals surface area contributed by atoms with Crippen LogP contribution in [-0.4, -0.2) is 26.2 Å². The average Bonchev–Trinajstić information content (AvgIpc) is 3.26. The molecule has 0 spiro atoms. The number of hydrogen-bond donors (Lipinski definition) is 0. The van der Waals surface area contributed by atoms with E-state index in [1.54, 1.807) is 0 Å². The number of hydrogen-bond acceptors (Lipinski definition) is 5. The SMILES string of the molecule is C1=CC2CC=CC(c3cc(-c4cc(-c5ccc(-c6ccccc6)cc5)nc(-c5ccccc5)n4)cc(-c4ccc5ccc6cccnc6c5n4)c3)=C2N=C1. The zero-order valence-corrected chi connectivity index (χ0v) is 29.3. The third-order valence-electron chi connectivity index (χ3n) is 10.3. The summed E-state index contributed by atoms with van der Waals surface area (Å²) in [6.45, 7) is 0. The Labute approximate surface area is 313 Å². The summed E-state index contributed by atoms with van der Waals surface area (Å²) in [5.41, 5.74) is 13.9. The smallest absolute Gasteiger partial charge is 0.160 e. The standard InChI is InChI=1S/C49H33N5/c1-3-10-32(11-4-1)33-18-20-34(21-19-33)44-31-45(54-49(53-44)38-12-5-2-6-13-38)41-29-39(42-17-7-14-35-15-8-26-50-46(35)42)28-40(30-41)43-25-24-37-23-22-36-16-9-27-51-47(36)48(37)52-43/h1-13,15-31,35H,14H2. The van der Waals surface area contributed by atoms with E-state index in [4.69, 9.17) is 24.9 Å². The fourth-order valence-corrected chi connectivity index (χ4v) is 7.50. The van der Waals surface area contributed by atoms with Crippen LogP contribution in [0.5, 0.6) is 0 Å². The van der Waals surface area contributed by atoms with Crippen molar-refractivity contribution in [3.05, 3.63) is 187 Å². The second kappa shape index (κ2) is 13.5. The van der Waals surface area contributed by atoms with Crippen molar-refractivity contribution in [3.8, 4) is 56.3 Å². The number of benzene rings is 5. The second-order valence-corrected chi connectivity index (χ2v) is 13.7. The monoisotopic (exact) mass is 691 g/mol. The molecule has 0 bridgehead atoms. The maximum atomic E-state index is 5.27. The summed E-state index contributed by atoms with van der Waals surface area (Å²) in [5.74, 6) is 0.915. The van der Waals surface area contributed by atoms with Crippen LogP contribution in [-0.2, 0) is 0 Å². The molecule has 5 nitrogen and oxygen atoms in total. The van der Waals surface area contributed by atoms with Gasteiger partial charge < -0.3 is 0 Å². The van der Waals surface area contributed by atoms with Gasteiger partial charge in [0, 0.05) is 56.9 Å². The van der Waals surface area contributed by atoms with Crippen molar-refractivity contribution in [2.45, 2.75) is 6.42 Å². The van der Waals surface area contributed by atoms with Gasteiger partial charge in [-0.3, -0.25) is 9.98 Å². The lowest BCUT2D eigenvalue weighted by atomic mass is 9.86. The van der Waals surface area contributed by atoms with Crippen molar-refractivity contribution in [2.24, 2.45) is 10.9 Å². The lowest BCUT2D eigenvalue weighted by molar-refractivity contribution is 0.755. The van der Waals surface area contributed by atoms with E-state index in [0.717, 1.165) is 90.0 Å². The second-order valence-electron chi connectivity index (χ2n) is 13.7. The Morgan fingerprint density at radius 3 is 1.93 bits per heavy atom. The number of dihydropyridines is 1. The molecule has 0 saturated heterocycles. The Bertz CT molecular complexity index is 2830. The quantitative estimate of drug-likeness (QED) is 0.163. The minimum atomic E-state index is 0.243. The molecule has 1 unspecified atom stereocenters. The predicted molar refractivity (Wildman–Crippen MR) is 222 cm³/mol. The van der Waals surface area contributed by atoms with Crippen LogP contribution in [0.3, 0.4) is 0 Å². The molecule has 254 valence electrons. The number of fused-ring (bicyclic) bond motifs is 4. The number of allylic oxidation sites excluding steroid dienone is 5. The topological polar surface area (TPSA) is 63.9 Å². The highest BCUT2D eigenvalue weighted by Gasteiger charge is 2.22. The fourth-order valence-electron chi connectivity index (χ4n) is 7.50. The van der Waals surface area contributed by atoms with Crippen molar-refractivity contribution in [2.75, 3.05) is 0 Å². The minimum absolute atomic E-state index is 0.243. The molecule has 1 atom stereocenters. The molecule has 5 heteroatoms. The molecule has 2 aliphatic rings. The minimum Gasteiger partial charge on any atom is -0.260 e. The van der Waals surface area contributed by atoms with E-state index < -0.39 is 0 Å². The highest BCUT2D eigenvalue weighted by molar-refractivity contribution is 6.03. The molecular formula is C49H33N5. The number of aromatic nitrogens is 4. The predicted octanol–water partition coefficient (Wildman–Crippen LogP) is 11.8. The molecule has 54 heavy (non-hydrogen) atoms. The van der Waals surface area contributed by atoms with Gasteiger partial charge in [0.25, 0.3) is 0 Å². The Hall–Kier alpha value is -7.11. The molecule has 4 heterocycles. The largest absolute Gasteiger partial charge is 0.260 e. The Kier molecular flexibility index (Phi) is 7.88. The van der Waals surface area contributed by atoms with Crippen LogP contribution in [0.4, 0.5) is 0 Å². The van der Waals surface area contributed by atoms with Crippen LogP contribution < -0.4 is 0 Å². The summed E-state index contributed by atoms with van der Waals surface area (Å²) in [4.78, 5) is 25.3. The van der Waals surface area contributed by atoms with Crippen LogP contribution in [0.2, 0.25) is 0 Å². The molecule has 1 aliphatic carbocycles. The molecule has 3 aromatic heterocycles. The van der Waals surface area contributed by atoms with Gasteiger partial charge in [0.15, 0.2) is 5.82 Å². The van der Waals surface area contributed by atoms with E-state index in [1.165, 1.54) is 5.56 Å². The highest BCUT2D eigenvalue weighted by atomic mass is 14.9.